The van der Waals surface area contributed by atoms with Gasteiger partial charge in [-0.2, -0.15) is 0 Å². The van der Waals surface area contributed by atoms with E-state index in [9.17, 15) is 9.59 Å². The van der Waals surface area contributed by atoms with E-state index in [-0.39, 0.29) is 24.0 Å². The molecule has 3 unspecified atom stereocenters. The van der Waals surface area contributed by atoms with Crippen LogP contribution in [0.5, 0.6) is 0 Å². The third-order valence-electron chi connectivity index (χ3n) is 3.34. The Morgan fingerprint density at radius 2 is 2.33 bits per heavy atom. The molecule has 0 amide bonds. The van der Waals surface area contributed by atoms with Gasteiger partial charge in [0.15, 0.2) is 0 Å². The van der Waals surface area contributed by atoms with Gasteiger partial charge in [0.2, 0.25) is 0 Å². The van der Waals surface area contributed by atoms with Gasteiger partial charge in [0, 0.05) is 12.8 Å². The summed E-state index contributed by atoms with van der Waals surface area (Å²) in [6.45, 7) is 3.62. The molecule has 0 N–H and O–H groups in total. The highest BCUT2D eigenvalue weighted by atomic mass is 16.6. The van der Waals surface area contributed by atoms with Gasteiger partial charge in [0.1, 0.15) is 11.7 Å². The van der Waals surface area contributed by atoms with Gasteiger partial charge in [-0.3, -0.25) is 9.59 Å². The van der Waals surface area contributed by atoms with Crippen molar-refractivity contribution in [2.75, 3.05) is 0 Å². The quantitative estimate of drug-likeness (QED) is 0.650. The number of hydrogen-bond acceptors (Lipinski definition) is 4. The van der Waals surface area contributed by atoms with Crippen LogP contribution in [-0.2, 0) is 19.1 Å². The predicted octanol–water partition coefficient (Wildman–Crippen LogP) is 1.42. The molecule has 15 heavy (non-hydrogen) atoms. The molecule has 0 radical (unpaired) electrons. The van der Waals surface area contributed by atoms with Crippen LogP contribution >= 0.6 is 0 Å². The van der Waals surface area contributed by atoms with Crippen molar-refractivity contribution >= 4 is 11.9 Å². The molecule has 1 heterocycles. The molecule has 4 heteroatoms. The second-order valence-electron chi connectivity index (χ2n) is 4.54. The van der Waals surface area contributed by atoms with Crippen LogP contribution in [0, 0.1) is 5.92 Å². The zero-order valence-electron chi connectivity index (χ0n) is 9.12. The third kappa shape index (κ3) is 1.73. The molecule has 1 saturated heterocycles. The number of hydrogen-bond donors (Lipinski definition) is 0. The summed E-state index contributed by atoms with van der Waals surface area (Å²) < 4.78 is 10.6. The Morgan fingerprint density at radius 1 is 1.60 bits per heavy atom. The summed E-state index contributed by atoms with van der Waals surface area (Å²) in [6.07, 6.45) is 2.30. The van der Waals surface area contributed by atoms with Crippen molar-refractivity contribution in [2.24, 2.45) is 5.92 Å². The van der Waals surface area contributed by atoms with Crippen molar-refractivity contribution < 1.29 is 19.1 Å². The standard InChI is InChI=1S/C11H16O4/c1-3-9(12)14-8-5-4-7-6-11(8,2)15-10(7)13/h7-8H,3-6H2,1-2H3. The Morgan fingerprint density at radius 3 is 3.00 bits per heavy atom. The predicted molar refractivity (Wildman–Crippen MR) is 52.0 cm³/mol. The number of fused-ring (bicyclic) bond motifs is 2. The maximum Gasteiger partial charge on any atom is 0.309 e. The number of rotatable bonds is 2. The number of ether oxygens (including phenoxy) is 2. The Labute approximate surface area is 88.9 Å². The molecule has 2 fully saturated rings. The van der Waals surface area contributed by atoms with Gasteiger partial charge < -0.3 is 9.47 Å². The topological polar surface area (TPSA) is 52.6 Å². The zero-order chi connectivity index (χ0) is 11.1. The smallest absolute Gasteiger partial charge is 0.309 e. The van der Waals surface area contributed by atoms with Crippen LogP contribution in [0.25, 0.3) is 0 Å². The molecule has 0 spiro atoms. The molecule has 2 rings (SSSR count). The van der Waals surface area contributed by atoms with Crippen molar-refractivity contribution in [3.8, 4) is 0 Å². The largest absolute Gasteiger partial charge is 0.458 e. The van der Waals surface area contributed by atoms with Crippen LogP contribution in [0.2, 0.25) is 0 Å². The van der Waals surface area contributed by atoms with Gasteiger partial charge >= 0.3 is 11.9 Å². The number of carbonyl (C=O) groups is 2. The van der Waals surface area contributed by atoms with E-state index in [2.05, 4.69) is 0 Å². The Kier molecular flexibility index (Phi) is 2.44. The number of carbonyl (C=O) groups excluding carboxylic acids is 2. The van der Waals surface area contributed by atoms with E-state index < -0.39 is 5.60 Å². The molecule has 1 aliphatic carbocycles. The molecule has 2 bridgehead atoms. The SMILES string of the molecule is CCC(=O)OC1CCC2CC1(C)OC2=O. The fourth-order valence-corrected chi connectivity index (χ4v) is 2.43. The van der Waals surface area contributed by atoms with Gasteiger partial charge in [-0.1, -0.05) is 6.92 Å². The molecule has 84 valence electrons. The Bertz CT molecular complexity index is 299. The van der Waals surface area contributed by atoms with Crippen LogP contribution in [0.1, 0.15) is 39.5 Å². The molecule has 1 aliphatic heterocycles. The van der Waals surface area contributed by atoms with Crippen molar-refractivity contribution in [3.05, 3.63) is 0 Å². The average molecular weight is 212 g/mol. The van der Waals surface area contributed by atoms with Gasteiger partial charge in [-0.05, 0) is 19.8 Å². The van der Waals surface area contributed by atoms with Gasteiger partial charge in [0.25, 0.3) is 0 Å². The lowest BCUT2D eigenvalue weighted by molar-refractivity contribution is -0.172. The Hall–Kier alpha value is -1.06. The lowest BCUT2D eigenvalue weighted by Crippen LogP contribution is -2.44. The van der Waals surface area contributed by atoms with Crippen LogP contribution in [-0.4, -0.2) is 23.6 Å². The molecule has 2 aliphatic rings. The molecule has 0 aromatic heterocycles. The second-order valence-corrected chi connectivity index (χ2v) is 4.54. The summed E-state index contributed by atoms with van der Waals surface area (Å²) in [7, 11) is 0. The maximum atomic E-state index is 11.4. The first kappa shape index (κ1) is 10.5. The molecule has 4 nitrogen and oxygen atoms in total. The minimum absolute atomic E-state index is 0.0200. The van der Waals surface area contributed by atoms with E-state index >= 15 is 0 Å². The third-order valence-corrected chi connectivity index (χ3v) is 3.34. The molecule has 3 atom stereocenters. The lowest BCUT2D eigenvalue weighted by atomic mass is 9.80. The van der Waals surface area contributed by atoms with E-state index in [1.165, 1.54) is 0 Å². The highest BCUT2D eigenvalue weighted by molar-refractivity contribution is 5.76. The van der Waals surface area contributed by atoms with E-state index in [4.69, 9.17) is 9.47 Å². The fraction of sp³-hybridized carbons (Fsp3) is 0.818. The van der Waals surface area contributed by atoms with Crippen molar-refractivity contribution in [2.45, 2.75) is 51.2 Å². The summed E-state index contributed by atoms with van der Waals surface area (Å²) in [5, 5.41) is 0. The molecule has 1 saturated carbocycles. The number of esters is 2. The van der Waals surface area contributed by atoms with Crippen LogP contribution in [0.3, 0.4) is 0 Å². The van der Waals surface area contributed by atoms with Gasteiger partial charge in [-0.15, -0.1) is 0 Å². The normalized spacial score (nSPS) is 38.7. The molecular weight excluding hydrogens is 196 g/mol. The van der Waals surface area contributed by atoms with E-state index in [0.717, 1.165) is 12.8 Å². The zero-order valence-corrected chi connectivity index (χ0v) is 9.12. The minimum Gasteiger partial charge on any atom is -0.458 e. The highest BCUT2D eigenvalue weighted by Crippen LogP contribution is 2.43. The van der Waals surface area contributed by atoms with Crippen molar-refractivity contribution in [1.29, 1.82) is 0 Å². The summed E-state index contributed by atoms with van der Waals surface area (Å²) in [4.78, 5) is 22.6. The summed E-state index contributed by atoms with van der Waals surface area (Å²) in [5.41, 5.74) is -0.579. The van der Waals surface area contributed by atoms with Crippen LogP contribution in [0.15, 0.2) is 0 Å². The first-order chi connectivity index (χ1) is 7.05. The fourth-order valence-electron chi connectivity index (χ4n) is 2.43. The van der Waals surface area contributed by atoms with E-state index in [0.29, 0.717) is 12.8 Å². The van der Waals surface area contributed by atoms with E-state index in [1.807, 2.05) is 6.92 Å². The van der Waals surface area contributed by atoms with Crippen molar-refractivity contribution in [3.63, 3.8) is 0 Å². The van der Waals surface area contributed by atoms with Crippen LogP contribution in [0.4, 0.5) is 0 Å². The maximum absolute atomic E-state index is 11.4. The van der Waals surface area contributed by atoms with Crippen LogP contribution < -0.4 is 0 Å². The summed E-state index contributed by atoms with van der Waals surface area (Å²) in [6, 6.07) is 0. The molecule has 0 aromatic carbocycles. The summed E-state index contributed by atoms with van der Waals surface area (Å²) in [5.74, 6) is -0.332. The van der Waals surface area contributed by atoms with Gasteiger partial charge in [0.05, 0.1) is 5.92 Å². The molecular formula is C11H16O4. The highest BCUT2D eigenvalue weighted by Gasteiger charge is 2.53. The Balaban J connectivity index is 2.08. The first-order valence-electron chi connectivity index (χ1n) is 5.47. The lowest BCUT2D eigenvalue weighted by Gasteiger charge is -2.34. The molecule has 0 aromatic rings. The van der Waals surface area contributed by atoms with E-state index in [1.54, 1.807) is 6.92 Å². The van der Waals surface area contributed by atoms with Gasteiger partial charge in [-0.25, -0.2) is 0 Å². The first-order valence-corrected chi connectivity index (χ1v) is 5.47. The average Bonchev–Trinajstić information content (AvgIpc) is 2.43. The summed E-state index contributed by atoms with van der Waals surface area (Å²) >= 11 is 0. The minimum atomic E-state index is -0.579. The van der Waals surface area contributed by atoms with Crippen molar-refractivity contribution in [1.82, 2.24) is 0 Å². The monoisotopic (exact) mass is 212 g/mol. The second kappa shape index (κ2) is 3.51.